The predicted molar refractivity (Wildman–Crippen MR) is 83.9 cm³/mol. The quantitative estimate of drug-likeness (QED) is 0.609. The van der Waals surface area contributed by atoms with Crippen molar-refractivity contribution in [1.29, 1.82) is 0 Å². The van der Waals surface area contributed by atoms with Crippen molar-refractivity contribution in [3.05, 3.63) is 41.6 Å². The van der Waals surface area contributed by atoms with Gasteiger partial charge in [0.2, 0.25) is 5.95 Å². The lowest BCUT2D eigenvalue weighted by molar-refractivity contribution is -0.137. The van der Waals surface area contributed by atoms with Crippen LogP contribution in [0, 0.1) is 0 Å². The molecule has 8 heteroatoms. The van der Waals surface area contributed by atoms with E-state index in [1.807, 2.05) is 14.1 Å². The normalized spacial score (nSPS) is 11.4. The van der Waals surface area contributed by atoms with Gasteiger partial charge in [-0.25, -0.2) is 9.97 Å². The lowest BCUT2D eigenvalue weighted by atomic mass is 10.1. The van der Waals surface area contributed by atoms with Crippen LogP contribution in [0.15, 0.2) is 35.5 Å². The van der Waals surface area contributed by atoms with Crippen LogP contribution in [0.5, 0.6) is 5.75 Å². The SMILES string of the molecule is COc1cnc(N(C)C)nc1SCc1cccc(C(F)(F)F)c1. The van der Waals surface area contributed by atoms with Gasteiger partial charge in [-0.1, -0.05) is 30.0 Å². The van der Waals surface area contributed by atoms with E-state index in [2.05, 4.69) is 9.97 Å². The van der Waals surface area contributed by atoms with E-state index in [9.17, 15) is 13.2 Å². The van der Waals surface area contributed by atoms with Crippen LogP contribution in [0.3, 0.4) is 0 Å². The molecule has 0 aliphatic heterocycles. The lowest BCUT2D eigenvalue weighted by Crippen LogP contribution is -2.13. The third-order valence-corrected chi connectivity index (χ3v) is 4.00. The van der Waals surface area contributed by atoms with Crippen molar-refractivity contribution in [2.45, 2.75) is 17.0 Å². The monoisotopic (exact) mass is 343 g/mol. The fourth-order valence-corrected chi connectivity index (χ4v) is 2.70. The molecule has 1 aromatic carbocycles. The highest BCUT2D eigenvalue weighted by atomic mass is 32.2. The Hall–Kier alpha value is -1.96. The van der Waals surface area contributed by atoms with Crippen molar-refractivity contribution in [2.75, 3.05) is 26.1 Å². The number of hydrogen-bond donors (Lipinski definition) is 0. The first-order chi connectivity index (χ1) is 10.8. The highest BCUT2D eigenvalue weighted by molar-refractivity contribution is 7.98. The van der Waals surface area contributed by atoms with Gasteiger partial charge < -0.3 is 9.64 Å². The smallest absolute Gasteiger partial charge is 0.416 e. The minimum atomic E-state index is -4.34. The first-order valence-electron chi connectivity index (χ1n) is 6.68. The molecule has 0 radical (unpaired) electrons. The number of methoxy groups -OCH3 is 1. The molecule has 0 N–H and O–H groups in total. The molecule has 23 heavy (non-hydrogen) atoms. The van der Waals surface area contributed by atoms with Gasteiger partial charge in [0, 0.05) is 19.8 Å². The molecule has 0 saturated carbocycles. The Morgan fingerprint density at radius 3 is 2.61 bits per heavy atom. The van der Waals surface area contributed by atoms with Crippen molar-refractivity contribution in [3.8, 4) is 5.75 Å². The summed E-state index contributed by atoms with van der Waals surface area (Å²) in [5, 5.41) is 0.587. The van der Waals surface area contributed by atoms with E-state index in [1.54, 1.807) is 17.2 Å². The van der Waals surface area contributed by atoms with Gasteiger partial charge >= 0.3 is 6.18 Å². The molecule has 0 aliphatic carbocycles. The minimum absolute atomic E-state index is 0.351. The number of halogens is 3. The number of ether oxygens (including phenoxy) is 1. The second-order valence-corrected chi connectivity index (χ2v) is 5.89. The molecule has 2 aromatic rings. The molecule has 0 spiro atoms. The Labute approximate surface area is 136 Å². The van der Waals surface area contributed by atoms with Gasteiger partial charge in [-0.15, -0.1) is 0 Å². The second kappa shape index (κ2) is 7.08. The largest absolute Gasteiger partial charge is 0.492 e. The lowest BCUT2D eigenvalue weighted by Gasteiger charge is -2.13. The van der Waals surface area contributed by atoms with Crippen molar-refractivity contribution in [3.63, 3.8) is 0 Å². The second-order valence-electron chi connectivity index (χ2n) is 4.92. The van der Waals surface area contributed by atoms with E-state index in [0.717, 1.165) is 12.1 Å². The maximum Gasteiger partial charge on any atom is 0.416 e. The zero-order valence-electron chi connectivity index (χ0n) is 12.9. The topological polar surface area (TPSA) is 38.2 Å². The van der Waals surface area contributed by atoms with E-state index >= 15 is 0 Å². The molecule has 0 amide bonds. The third-order valence-electron chi connectivity index (χ3n) is 2.96. The molecule has 124 valence electrons. The van der Waals surface area contributed by atoms with Crippen LogP contribution in [0.4, 0.5) is 19.1 Å². The molecule has 0 fully saturated rings. The van der Waals surface area contributed by atoms with Crippen LogP contribution < -0.4 is 9.64 Å². The van der Waals surface area contributed by atoms with E-state index in [-0.39, 0.29) is 0 Å². The standard InChI is InChI=1S/C15H16F3N3OS/c1-21(2)14-19-8-12(22-3)13(20-14)23-9-10-5-4-6-11(7-10)15(16,17)18/h4-8H,9H2,1-3H3. The van der Waals surface area contributed by atoms with Gasteiger partial charge in [-0.2, -0.15) is 13.2 Å². The van der Waals surface area contributed by atoms with Crippen LogP contribution in [-0.2, 0) is 11.9 Å². The average Bonchev–Trinajstić information content (AvgIpc) is 2.52. The van der Waals surface area contributed by atoms with Gasteiger partial charge in [0.1, 0.15) is 5.03 Å². The van der Waals surface area contributed by atoms with E-state index < -0.39 is 11.7 Å². The number of aromatic nitrogens is 2. The average molecular weight is 343 g/mol. The Kier molecular flexibility index (Phi) is 5.35. The third kappa shape index (κ3) is 4.51. The van der Waals surface area contributed by atoms with Gasteiger partial charge in [0.05, 0.1) is 18.9 Å². The van der Waals surface area contributed by atoms with Crippen LogP contribution in [0.2, 0.25) is 0 Å². The number of thioether (sulfide) groups is 1. The summed E-state index contributed by atoms with van der Waals surface area (Å²) < 4.78 is 43.4. The molecule has 0 aliphatic rings. The summed E-state index contributed by atoms with van der Waals surface area (Å²) in [6, 6.07) is 5.26. The molecule has 0 bridgehead atoms. The van der Waals surface area contributed by atoms with Crippen molar-refractivity contribution < 1.29 is 17.9 Å². The van der Waals surface area contributed by atoms with Gasteiger partial charge in [-0.3, -0.25) is 0 Å². The highest BCUT2D eigenvalue weighted by Crippen LogP contribution is 2.33. The minimum Gasteiger partial charge on any atom is -0.492 e. The zero-order chi connectivity index (χ0) is 17.0. The molecule has 1 heterocycles. The van der Waals surface area contributed by atoms with E-state index in [1.165, 1.54) is 24.9 Å². The van der Waals surface area contributed by atoms with Crippen molar-refractivity contribution in [1.82, 2.24) is 9.97 Å². The summed E-state index contributed by atoms with van der Waals surface area (Å²) in [6.45, 7) is 0. The molecular formula is C15H16F3N3OS. The van der Waals surface area contributed by atoms with Crippen LogP contribution in [0.25, 0.3) is 0 Å². The summed E-state index contributed by atoms with van der Waals surface area (Å²) in [4.78, 5) is 10.2. The number of anilines is 1. The Morgan fingerprint density at radius 1 is 1.26 bits per heavy atom. The Bertz CT molecular complexity index is 677. The predicted octanol–water partition coefficient (Wildman–Crippen LogP) is 3.86. The molecule has 2 rings (SSSR count). The summed E-state index contributed by atoms with van der Waals surface area (Å²) in [7, 11) is 5.12. The van der Waals surface area contributed by atoms with Crippen molar-refractivity contribution in [2.24, 2.45) is 0 Å². The maximum atomic E-state index is 12.7. The molecular weight excluding hydrogens is 327 g/mol. The summed E-state index contributed by atoms with van der Waals surface area (Å²) in [6.07, 6.45) is -2.79. The molecule has 0 saturated heterocycles. The van der Waals surface area contributed by atoms with Gasteiger partial charge in [-0.05, 0) is 11.6 Å². The number of benzene rings is 1. The Balaban J connectivity index is 2.19. The van der Waals surface area contributed by atoms with E-state index in [0.29, 0.717) is 28.0 Å². The summed E-state index contributed by atoms with van der Waals surface area (Å²) in [5.41, 5.74) is -0.0869. The van der Waals surface area contributed by atoms with Gasteiger partial charge in [0.25, 0.3) is 0 Å². The summed E-state index contributed by atoms with van der Waals surface area (Å²) in [5.74, 6) is 1.36. The fraction of sp³-hybridized carbons (Fsp3) is 0.333. The van der Waals surface area contributed by atoms with Crippen molar-refractivity contribution >= 4 is 17.7 Å². The molecule has 0 atom stereocenters. The first kappa shape index (κ1) is 17.4. The molecule has 1 aromatic heterocycles. The Morgan fingerprint density at radius 2 is 2.00 bits per heavy atom. The number of nitrogens with zero attached hydrogens (tertiary/aromatic N) is 3. The van der Waals surface area contributed by atoms with Crippen LogP contribution in [-0.4, -0.2) is 31.2 Å². The number of rotatable bonds is 5. The first-order valence-corrected chi connectivity index (χ1v) is 7.67. The molecule has 0 unspecified atom stereocenters. The summed E-state index contributed by atoms with van der Waals surface area (Å²) >= 11 is 1.31. The van der Waals surface area contributed by atoms with Gasteiger partial charge in [0.15, 0.2) is 5.75 Å². The number of hydrogen-bond acceptors (Lipinski definition) is 5. The van der Waals surface area contributed by atoms with E-state index in [4.69, 9.17) is 4.74 Å². The fourth-order valence-electron chi connectivity index (χ4n) is 1.79. The molecule has 4 nitrogen and oxygen atoms in total. The highest BCUT2D eigenvalue weighted by Gasteiger charge is 2.30. The number of alkyl halides is 3. The maximum absolute atomic E-state index is 12.7. The van der Waals surface area contributed by atoms with Crippen LogP contribution in [0.1, 0.15) is 11.1 Å². The zero-order valence-corrected chi connectivity index (χ0v) is 13.7. The van der Waals surface area contributed by atoms with Crippen LogP contribution >= 0.6 is 11.8 Å².